The van der Waals surface area contributed by atoms with Crippen molar-refractivity contribution in [3.8, 4) is 6.07 Å². The van der Waals surface area contributed by atoms with Gasteiger partial charge < -0.3 is 4.90 Å². The van der Waals surface area contributed by atoms with Crippen LogP contribution in [-0.2, 0) is 6.42 Å². The normalized spacial score (nSPS) is 14.1. The molecule has 2 rings (SSSR count). The van der Waals surface area contributed by atoms with Crippen molar-refractivity contribution in [2.24, 2.45) is 0 Å². The van der Waals surface area contributed by atoms with Crippen LogP contribution in [0.15, 0.2) is 24.3 Å². The Bertz CT molecular complexity index is 440. The molecule has 88 valence electrons. The van der Waals surface area contributed by atoms with E-state index < -0.39 is 0 Å². The van der Waals surface area contributed by atoms with Crippen molar-refractivity contribution >= 4 is 5.91 Å². The van der Waals surface area contributed by atoms with Gasteiger partial charge in [0, 0.05) is 11.6 Å². The van der Waals surface area contributed by atoms with Crippen LogP contribution in [0.25, 0.3) is 0 Å². The van der Waals surface area contributed by atoms with Crippen molar-refractivity contribution in [1.82, 2.24) is 4.90 Å². The molecule has 0 N–H and O–H groups in total. The molecule has 0 radical (unpaired) electrons. The summed E-state index contributed by atoms with van der Waals surface area (Å²) in [6, 6.07) is 10.0. The molecule has 0 heterocycles. The summed E-state index contributed by atoms with van der Waals surface area (Å²) in [6.45, 7) is 2.28. The van der Waals surface area contributed by atoms with Gasteiger partial charge in [0.2, 0.25) is 0 Å². The van der Waals surface area contributed by atoms with Crippen molar-refractivity contribution in [3.63, 3.8) is 0 Å². The van der Waals surface area contributed by atoms with E-state index in [4.69, 9.17) is 5.26 Å². The van der Waals surface area contributed by atoms with E-state index in [1.54, 1.807) is 4.90 Å². The number of hydrogen-bond donors (Lipinski definition) is 0. The van der Waals surface area contributed by atoms with Crippen LogP contribution in [-0.4, -0.2) is 23.4 Å². The van der Waals surface area contributed by atoms with Gasteiger partial charge in [0.05, 0.1) is 6.07 Å². The van der Waals surface area contributed by atoms with E-state index in [0.29, 0.717) is 5.56 Å². The fourth-order valence-electron chi connectivity index (χ4n) is 1.88. The lowest BCUT2D eigenvalue weighted by Gasteiger charge is -2.18. The highest BCUT2D eigenvalue weighted by Gasteiger charge is 2.32. The number of carbonyl (C=O) groups is 1. The van der Waals surface area contributed by atoms with Crippen LogP contribution in [0.1, 0.15) is 35.7 Å². The van der Waals surface area contributed by atoms with E-state index in [9.17, 15) is 4.79 Å². The van der Waals surface area contributed by atoms with E-state index in [-0.39, 0.29) is 18.5 Å². The second-order valence-corrected chi connectivity index (χ2v) is 4.37. The van der Waals surface area contributed by atoms with E-state index in [1.807, 2.05) is 24.3 Å². The molecule has 1 aromatic carbocycles. The van der Waals surface area contributed by atoms with Crippen LogP contribution in [0.5, 0.6) is 0 Å². The molecule has 0 saturated heterocycles. The van der Waals surface area contributed by atoms with E-state index in [0.717, 1.165) is 19.3 Å². The molecule has 3 nitrogen and oxygen atoms in total. The lowest BCUT2D eigenvalue weighted by molar-refractivity contribution is 0.0765. The quantitative estimate of drug-likeness (QED) is 0.743. The van der Waals surface area contributed by atoms with E-state index in [1.165, 1.54) is 5.56 Å². The molecular formula is C14H16N2O. The summed E-state index contributed by atoms with van der Waals surface area (Å²) in [5, 5.41) is 8.75. The molecule has 0 spiro atoms. The molecule has 3 heteroatoms. The standard InChI is InChI=1S/C14H16N2O/c1-2-11-3-5-12(6-4-11)14(17)16(10-9-15)13-7-8-13/h3-6,13H,2,7-8,10H2,1H3. The Kier molecular flexibility index (Phi) is 3.43. The van der Waals surface area contributed by atoms with E-state index >= 15 is 0 Å². The Morgan fingerprint density at radius 2 is 2.06 bits per heavy atom. The fraction of sp³-hybridized carbons (Fsp3) is 0.429. The number of nitriles is 1. The monoisotopic (exact) mass is 228 g/mol. The molecule has 1 aliphatic rings. The maximum Gasteiger partial charge on any atom is 0.254 e. The number of amides is 1. The first-order valence-electron chi connectivity index (χ1n) is 6.03. The zero-order valence-electron chi connectivity index (χ0n) is 10.0. The lowest BCUT2D eigenvalue weighted by atomic mass is 10.1. The first-order valence-corrected chi connectivity index (χ1v) is 6.03. The molecule has 1 saturated carbocycles. The average molecular weight is 228 g/mol. The third-order valence-electron chi connectivity index (χ3n) is 3.10. The number of benzene rings is 1. The van der Waals surface area contributed by atoms with Crippen molar-refractivity contribution < 1.29 is 4.79 Å². The molecule has 1 aliphatic carbocycles. The van der Waals surface area contributed by atoms with Gasteiger partial charge in [0.1, 0.15) is 6.54 Å². The SMILES string of the molecule is CCc1ccc(C(=O)N(CC#N)C2CC2)cc1. The van der Waals surface area contributed by atoms with Gasteiger partial charge in [-0.3, -0.25) is 4.79 Å². The third-order valence-corrected chi connectivity index (χ3v) is 3.10. The Balaban J connectivity index is 2.14. The molecular weight excluding hydrogens is 212 g/mol. The van der Waals surface area contributed by atoms with Crippen molar-refractivity contribution in [3.05, 3.63) is 35.4 Å². The van der Waals surface area contributed by atoms with Crippen LogP contribution < -0.4 is 0 Å². The number of carbonyl (C=O) groups excluding carboxylic acids is 1. The van der Waals surface area contributed by atoms with Gasteiger partial charge in [-0.1, -0.05) is 19.1 Å². The van der Waals surface area contributed by atoms with Gasteiger partial charge in [-0.05, 0) is 37.0 Å². The minimum atomic E-state index is -0.0169. The molecule has 1 aromatic rings. The van der Waals surface area contributed by atoms with Gasteiger partial charge in [0.25, 0.3) is 5.91 Å². The summed E-state index contributed by atoms with van der Waals surface area (Å²) in [6.07, 6.45) is 3.03. The van der Waals surface area contributed by atoms with Crippen molar-refractivity contribution in [2.45, 2.75) is 32.2 Å². The van der Waals surface area contributed by atoms with Crippen LogP contribution >= 0.6 is 0 Å². The summed E-state index contributed by atoms with van der Waals surface area (Å²) >= 11 is 0. The summed E-state index contributed by atoms with van der Waals surface area (Å²) in [5.41, 5.74) is 1.91. The van der Waals surface area contributed by atoms with Crippen LogP contribution in [0.2, 0.25) is 0 Å². The maximum atomic E-state index is 12.2. The van der Waals surface area contributed by atoms with Crippen LogP contribution in [0.4, 0.5) is 0 Å². The predicted molar refractivity (Wildman–Crippen MR) is 65.5 cm³/mol. The minimum Gasteiger partial charge on any atom is -0.322 e. The van der Waals surface area contributed by atoms with Gasteiger partial charge in [-0.2, -0.15) is 5.26 Å². The molecule has 0 bridgehead atoms. The van der Waals surface area contributed by atoms with Gasteiger partial charge in [-0.25, -0.2) is 0 Å². The Labute approximate surface area is 102 Å². The average Bonchev–Trinajstić information content (AvgIpc) is 3.19. The third kappa shape index (κ3) is 2.65. The fourth-order valence-corrected chi connectivity index (χ4v) is 1.88. The lowest BCUT2D eigenvalue weighted by Crippen LogP contribution is -2.33. The van der Waals surface area contributed by atoms with Gasteiger partial charge in [0.15, 0.2) is 0 Å². The van der Waals surface area contributed by atoms with Crippen molar-refractivity contribution in [2.75, 3.05) is 6.54 Å². The minimum absolute atomic E-state index is 0.0169. The summed E-state index contributed by atoms with van der Waals surface area (Å²) < 4.78 is 0. The highest BCUT2D eigenvalue weighted by molar-refractivity contribution is 5.94. The molecule has 0 aliphatic heterocycles. The number of aryl methyl sites for hydroxylation is 1. The Hall–Kier alpha value is -1.82. The van der Waals surface area contributed by atoms with Crippen LogP contribution in [0, 0.1) is 11.3 Å². The molecule has 17 heavy (non-hydrogen) atoms. The van der Waals surface area contributed by atoms with Gasteiger partial charge >= 0.3 is 0 Å². The Morgan fingerprint density at radius 3 is 2.53 bits per heavy atom. The first-order chi connectivity index (χ1) is 8.26. The molecule has 1 fully saturated rings. The highest BCUT2D eigenvalue weighted by atomic mass is 16.2. The smallest absolute Gasteiger partial charge is 0.254 e. The molecule has 1 amide bonds. The highest BCUT2D eigenvalue weighted by Crippen LogP contribution is 2.27. The van der Waals surface area contributed by atoms with E-state index in [2.05, 4.69) is 13.0 Å². The predicted octanol–water partition coefficient (Wildman–Crippen LogP) is 2.38. The summed E-state index contributed by atoms with van der Waals surface area (Å²) in [7, 11) is 0. The second kappa shape index (κ2) is 5.01. The number of hydrogen-bond acceptors (Lipinski definition) is 2. The molecule has 0 atom stereocenters. The topological polar surface area (TPSA) is 44.1 Å². The first kappa shape index (κ1) is 11.7. The zero-order valence-corrected chi connectivity index (χ0v) is 10.0. The largest absolute Gasteiger partial charge is 0.322 e. The maximum absolute atomic E-state index is 12.2. The Morgan fingerprint density at radius 1 is 1.41 bits per heavy atom. The van der Waals surface area contributed by atoms with Crippen molar-refractivity contribution in [1.29, 1.82) is 5.26 Å². The second-order valence-electron chi connectivity index (χ2n) is 4.37. The summed E-state index contributed by atoms with van der Waals surface area (Å²) in [5.74, 6) is -0.0169. The number of rotatable bonds is 4. The number of nitrogens with zero attached hydrogens (tertiary/aromatic N) is 2. The molecule has 0 unspecified atom stereocenters. The zero-order chi connectivity index (χ0) is 12.3. The summed E-state index contributed by atoms with van der Waals surface area (Å²) in [4.78, 5) is 13.9. The van der Waals surface area contributed by atoms with Crippen LogP contribution in [0.3, 0.4) is 0 Å². The van der Waals surface area contributed by atoms with Gasteiger partial charge in [-0.15, -0.1) is 0 Å². The molecule has 0 aromatic heterocycles.